The smallest absolute Gasteiger partial charge is 0.319 e. The second kappa shape index (κ2) is 9.55. The number of carbonyl (C=O) groups is 1. The minimum atomic E-state index is -0.0291. The number of anilines is 1. The molecule has 1 amide bonds. The van der Waals surface area contributed by atoms with Gasteiger partial charge in [0.15, 0.2) is 5.82 Å². The fraction of sp³-hybridized carbons (Fsp3) is 0.300. The van der Waals surface area contributed by atoms with Gasteiger partial charge in [0.05, 0.1) is 23.0 Å². The number of amides is 1. The van der Waals surface area contributed by atoms with Gasteiger partial charge in [0.1, 0.15) is 6.61 Å². The highest BCUT2D eigenvalue weighted by molar-refractivity contribution is 5.97. The van der Waals surface area contributed by atoms with Gasteiger partial charge >= 0.3 is 6.01 Å². The van der Waals surface area contributed by atoms with E-state index in [-0.39, 0.29) is 23.9 Å². The number of nitrogens with zero attached hydrogens (tertiary/aromatic N) is 7. The highest BCUT2D eigenvalue weighted by atomic mass is 16.5. The molecule has 0 saturated carbocycles. The molecule has 2 fully saturated rings. The zero-order chi connectivity index (χ0) is 27.1. The summed E-state index contributed by atoms with van der Waals surface area (Å²) in [5.74, 6) is 3.55. The molecule has 0 aliphatic carbocycles. The van der Waals surface area contributed by atoms with Gasteiger partial charge in [-0.15, -0.1) is 6.42 Å². The number of fused-ring (bicyclic) bond motifs is 1. The minimum absolute atomic E-state index is 0.0182. The third kappa shape index (κ3) is 4.28. The largest absolute Gasteiger partial charge is 0.458 e. The van der Waals surface area contributed by atoms with Gasteiger partial charge in [-0.05, 0) is 31.1 Å². The lowest BCUT2D eigenvalue weighted by Gasteiger charge is -2.47. The quantitative estimate of drug-likeness (QED) is 0.284. The highest BCUT2D eigenvalue weighted by Gasteiger charge is 2.49. The normalized spacial score (nSPS) is 15.8. The number of pyridine rings is 1. The Bertz CT molecular complexity index is 1630. The molecule has 4 aromatic rings. The molecule has 1 spiro atoms. The fourth-order valence-corrected chi connectivity index (χ4v) is 5.76. The van der Waals surface area contributed by atoms with Crippen molar-refractivity contribution in [3.63, 3.8) is 0 Å². The lowest BCUT2D eigenvalue weighted by Crippen LogP contribution is -2.59. The summed E-state index contributed by atoms with van der Waals surface area (Å²) in [6, 6.07) is 8.17. The molecule has 9 nitrogen and oxygen atoms in total. The number of aryl methyl sites for hydroxylation is 2. The van der Waals surface area contributed by atoms with Crippen molar-refractivity contribution in [2.24, 2.45) is 12.5 Å². The van der Waals surface area contributed by atoms with Gasteiger partial charge in [0.25, 0.3) is 0 Å². The Morgan fingerprint density at radius 3 is 2.82 bits per heavy atom. The van der Waals surface area contributed by atoms with Crippen molar-refractivity contribution in [1.29, 1.82) is 0 Å². The van der Waals surface area contributed by atoms with Crippen LogP contribution < -0.4 is 9.64 Å². The maximum Gasteiger partial charge on any atom is 0.319 e. The van der Waals surface area contributed by atoms with Crippen LogP contribution >= 0.6 is 0 Å². The molecule has 0 N–H and O–H groups in total. The Labute approximate surface area is 227 Å². The van der Waals surface area contributed by atoms with Crippen molar-refractivity contribution >= 4 is 22.6 Å². The molecule has 39 heavy (non-hydrogen) atoms. The number of carbonyl (C=O) groups excluding carboxylic acids is 1. The number of rotatable bonds is 6. The minimum Gasteiger partial charge on any atom is -0.458 e. The van der Waals surface area contributed by atoms with Crippen LogP contribution in [0.1, 0.15) is 23.1 Å². The lowest BCUT2D eigenvalue weighted by molar-refractivity contribution is -0.136. The van der Waals surface area contributed by atoms with Gasteiger partial charge in [-0.3, -0.25) is 14.5 Å². The average Bonchev–Trinajstić information content (AvgIpc) is 3.55. The molecule has 0 bridgehead atoms. The Morgan fingerprint density at radius 2 is 2.08 bits per heavy atom. The summed E-state index contributed by atoms with van der Waals surface area (Å²) >= 11 is 0. The standard InChI is InChI=1S/C30H29N7O2/c1-5-23-26(25-20(3)9-10-22-15-32-35(4)27(22)25)33-29(39-16-21-8-7-12-31-14-21)34-28(23)36-13-11-30(17-36)18-37(19-30)24(38)6-2/h1,6-10,12,14-15H,2,11,13,16-19H2,3-4H3. The zero-order valence-corrected chi connectivity index (χ0v) is 22.1. The van der Waals surface area contributed by atoms with E-state index in [0.717, 1.165) is 47.1 Å². The number of benzene rings is 1. The molecule has 196 valence electrons. The Hall–Kier alpha value is -4.71. The molecule has 0 unspecified atom stereocenters. The van der Waals surface area contributed by atoms with Crippen molar-refractivity contribution in [1.82, 2.24) is 29.6 Å². The summed E-state index contributed by atoms with van der Waals surface area (Å²) in [4.78, 5) is 30.0. The van der Waals surface area contributed by atoms with Gasteiger partial charge in [-0.1, -0.05) is 30.7 Å². The van der Waals surface area contributed by atoms with E-state index in [1.807, 2.05) is 41.9 Å². The molecular formula is C30H29N7O2. The second-order valence-corrected chi connectivity index (χ2v) is 10.4. The third-order valence-electron chi connectivity index (χ3n) is 7.73. The van der Waals surface area contributed by atoms with Crippen LogP contribution in [0.2, 0.25) is 0 Å². The van der Waals surface area contributed by atoms with Gasteiger partial charge in [-0.25, -0.2) is 0 Å². The van der Waals surface area contributed by atoms with Gasteiger partial charge < -0.3 is 14.5 Å². The van der Waals surface area contributed by atoms with E-state index in [9.17, 15) is 4.79 Å². The molecule has 3 aromatic heterocycles. The number of ether oxygens (including phenoxy) is 1. The molecule has 2 saturated heterocycles. The summed E-state index contributed by atoms with van der Waals surface area (Å²) in [5, 5.41) is 5.48. The maximum absolute atomic E-state index is 12.1. The number of likely N-dealkylation sites (tertiary alicyclic amines) is 1. The average molecular weight is 520 g/mol. The first-order valence-corrected chi connectivity index (χ1v) is 12.9. The number of hydrogen-bond acceptors (Lipinski definition) is 7. The van der Waals surface area contributed by atoms with E-state index in [4.69, 9.17) is 21.1 Å². The van der Waals surface area contributed by atoms with E-state index >= 15 is 0 Å². The highest BCUT2D eigenvalue weighted by Crippen LogP contribution is 2.43. The van der Waals surface area contributed by atoms with E-state index in [0.29, 0.717) is 30.2 Å². The van der Waals surface area contributed by atoms with Crippen LogP contribution in [0.5, 0.6) is 6.01 Å². The van der Waals surface area contributed by atoms with Gasteiger partial charge in [0.2, 0.25) is 5.91 Å². The first kappa shape index (κ1) is 24.6. The first-order chi connectivity index (χ1) is 18.9. The van der Waals surface area contributed by atoms with Gasteiger partial charge in [-0.2, -0.15) is 15.1 Å². The number of hydrogen-bond donors (Lipinski definition) is 0. The molecule has 1 aromatic carbocycles. The topological polar surface area (TPSA) is 89.3 Å². The predicted molar refractivity (Wildman–Crippen MR) is 149 cm³/mol. The summed E-state index contributed by atoms with van der Waals surface area (Å²) in [6.45, 7) is 8.87. The fourth-order valence-electron chi connectivity index (χ4n) is 5.76. The summed E-state index contributed by atoms with van der Waals surface area (Å²) in [5.41, 5.74) is 5.09. The van der Waals surface area contributed by atoms with Gasteiger partial charge in [0, 0.05) is 67.5 Å². The molecule has 6 rings (SSSR count). The van der Waals surface area contributed by atoms with Crippen LogP contribution in [0.4, 0.5) is 5.82 Å². The first-order valence-electron chi connectivity index (χ1n) is 12.9. The Balaban J connectivity index is 1.44. The lowest BCUT2D eigenvalue weighted by atomic mass is 9.79. The van der Waals surface area contributed by atoms with Crippen molar-refractivity contribution in [3.05, 3.63) is 72.2 Å². The van der Waals surface area contributed by atoms with Crippen molar-refractivity contribution in [2.45, 2.75) is 20.0 Å². The monoisotopic (exact) mass is 519 g/mol. The molecule has 2 aliphatic rings. The molecule has 9 heteroatoms. The number of aromatic nitrogens is 5. The Morgan fingerprint density at radius 1 is 1.23 bits per heavy atom. The van der Waals surface area contributed by atoms with Crippen molar-refractivity contribution in [3.8, 4) is 29.6 Å². The molecule has 0 radical (unpaired) electrons. The van der Waals surface area contributed by atoms with Crippen molar-refractivity contribution in [2.75, 3.05) is 31.1 Å². The summed E-state index contributed by atoms with van der Waals surface area (Å²) in [7, 11) is 1.92. The number of terminal acetylenes is 1. The van der Waals surface area contributed by atoms with Crippen molar-refractivity contribution < 1.29 is 9.53 Å². The van der Waals surface area contributed by atoms with Crippen LogP contribution in [0.3, 0.4) is 0 Å². The van der Waals surface area contributed by atoms with Crippen LogP contribution in [0.25, 0.3) is 22.2 Å². The summed E-state index contributed by atoms with van der Waals surface area (Å²) < 4.78 is 7.98. The SMILES string of the molecule is C#Cc1c(-c2c(C)ccc3cnn(C)c23)nc(OCc2cccnc2)nc1N1CCC2(CN(C(=O)C=C)C2)C1. The zero-order valence-electron chi connectivity index (χ0n) is 22.1. The van der Waals surface area contributed by atoms with E-state index in [1.54, 1.807) is 12.4 Å². The third-order valence-corrected chi connectivity index (χ3v) is 7.73. The maximum atomic E-state index is 12.1. The second-order valence-electron chi connectivity index (χ2n) is 10.4. The van der Waals surface area contributed by atoms with E-state index in [2.05, 4.69) is 39.6 Å². The molecule has 5 heterocycles. The van der Waals surface area contributed by atoms with E-state index in [1.165, 1.54) is 6.08 Å². The molecule has 0 atom stereocenters. The van der Waals surface area contributed by atoms with Crippen LogP contribution in [0.15, 0.2) is 55.5 Å². The predicted octanol–water partition coefficient (Wildman–Crippen LogP) is 3.52. The summed E-state index contributed by atoms with van der Waals surface area (Å²) in [6.07, 6.45) is 13.8. The molecular weight excluding hydrogens is 490 g/mol. The Kier molecular flexibility index (Phi) is 6.03. The van der Waals surface area contributed by atoms with Crippen LogP contribution in [-0.4, -0.2) is 61.7 Å². The molecule has 2 aliphatic heterocycles. The van der Waals surface area contributed by atoms with E-state index < -0.39 is 0 Å². The van der Waals surface area contributed by atoms with Crippen LogP contribution in [-0.2, 0) is 18.4 Å². The van der Waals surface area contributed by atoms with Crippen LogP contribution in [0, 0.1) is 24.7 Å².